The van der Waals surface area contributed by atoms with E-state index in [-0.39, 0.29) is 11.8 Å². The first kappa shape index (κ1) is 12.9. The average Bonchev–Trinajstić information content (AvgIpc) is 3.28. The molecule has 1 aromatic carbocycles. The third-order valence-electron chi connectivity index (χ3n) is 3.82. The van der Waals surface area contributed by atoms with Crippen LogP contribution in [0, 0.1) is 5.92 Å². The number of carbonyl (C=O) groups is 1. The summed E-state index contributed by atoms with van der Waals surface area (Å²) < 4.78 is 1.77. The Morgan fingerprint density at radius 3 is 2.82 bits per heavy atom. The zero-order valence-electron chi connectivity index (χ0n) is 12.2. The molecule has 3 aromatic rings. The fourth-order valence-corrected chi connectivity index (χ4v) is 2.43. The van der Waals surface area contributed by atoms with Gasteiger partial charge in [-0.25, -0.2) is 0 Å². The van der Waals surface area contributed by atoms with Crippen molar-refractivity contribution in [3.63, 3.8) is 0 Å². The Morgan fingerprint density at radius 2 is 2.09 bits per heavy atom. The highest BCUT2D eigenvalue weighted by Crippen LogP contribution is 2.30. The van der Waals surface area contributed by atoms with E-state index in [1.54, 1.807) is 4.68 Å². The van der Waals surface area contributed by atoms with Crippen molar-refractivity contribution < 1.29 is 4.79 Å². The lowest BCUT2D eigenvalue weighted by atomic mass is 10.1. The molecule has 1 N–H and O–H groups in total. The van der Waals surface area contributed by atoms with Crippen molar-refractivity contribution in [1.82, 2.24) is 20.0 Å². The quantitative estimate of drug-likeness (QED) is 0.804. The van der Waals surface area contributed by atoms with E-state index in [4.69, 9.17) is 0 Å². The second-order valence-electron chi connectivity index (χ2n) is 5.67. The van der Waals surface area contributed by atoms with Crippen LogP contribution in [0.2, 0.25) is 0 Å². The highest BCUT2D eigenvalue weighted by atomic mass is 16.2. The lowest BCUT2D eigenvalue weighted by molar-refractivity contribution is -0.117. The van der Waals surface area contributed by atoms with Crippen LogP contribution in [0.25, 0.3) is 22.0 Å². The van der Waals surface area contributed by atoms with Crippen molar-refractivity contribution in [2.75, 3.05) is 5.32 Å². The van der Waals surface area contributed by atoms with E-state index in [2.05, 4.69) is 20.6 Å². The Balaban J connectivity index is 1.69. The summed E-state index contributed by atoms with van der Waals surface area (Å²) in [5.74, 6) is 0.698. The lowest BCUT2D eigenvalue weighted by Gasteiger charge is -2.05. The predicted molar refractivity (Wildman–Crippen MR) is 83.1 cm³/mol. The maximum atomic E-state index is 11.8. The van der Waals surface area contributed by atoms with Crippen molar-refractivity contribution in [2.24, 2.45) is 13.0 Å². The molecule has 0 radical (unpaired) electrons. The molecule has 0 aliphatic heterocycles. The number of carbonyl (C=O) groups excluding carboxylic acids is 1. The standard InChI is InChI=1S/C16H15N5O/c1-21-9-13(8-17-21)11-4-5-14-12(6-11)7-15(20-19-14)18-16(22)10-2-3-10/h4-10H,2-3H2,1H3,(H,18,20,22). The summed E-state index contributed by atoms with van der Waals surface area (Å²) in [4.78, 5) is 11.8. The third-order valence-corrected chi connectivity index (χ3v) is 3.82. The van der Waals surface area contributed by atoms with E-state index in [0.717, 1.165) is 34.9 Å². The Kier molecular flexibility index (Phi) is 2.89. The minimum Gasteiger partial charge on any atom is -0.309 e. The molecule has 2 aromatic heterocycles. The Hall–Kier alpha value is -2.76. The third kappa shape index (κ3) is 2.43. The number of hydrogen-bond acceptors (Lipinski definition) is 4. The first-order valence-electron chi connectivity index (χ1n) is 7.26. The summed E-state index contributed by atoms with van der Waals surface area (Å²) in [6.07, 6.45) is 5.73. The van der Waals surface area contributed by atoms with Gasteiger partial charge in [0.1, 0.15) is 0 Å². The molecule has 4 rings (SSSR count). The van der Waals surface area contributed by atoms with Crippen LogP contribution in [0.3, 0.4) is 0 Å². The summed E-state index contributed by atoms with van der Waals surface area (Å²) in [6, 6.07) is 7.82. The smallest absolute Gasteiger partial charge is 0.228 e. The van der Waals surface area contributed by atoms with E-state index in [9.17, 15) is 4.79 Å². The Morgan fingerprint density at radius 1 is 1.23 bits per heavy atom. The number of benzene rings is 1. The van der Waals surface area contributed by atoms with Gasteiger partial charge in [-0.1, -0.05) is 6.07 Å². The molecule has 1 saturated carbocycles. The summed E-state index contributed by atoms with van der Waals surface area (Å²) >= 11 is 0. The van der Waals surface area contributed by atoms with Gasteiger partial charge in [0, 0.05) is 30.1 Å². The Bertz CT molecular complexity index is 866. The summed E-state index contributed by atoms with van der Waals surface area (Å²) in [5.41, 5.74) is 2.91. The van der Waals surface area contributed by atoms with Crippen molar-refractivity contribution in [3.8, 4) is 11.1 Å². The average molecular weight is 293 g/mol. The maximum Gasteiger partial charge on any atom is 0.228 e. The number of nitrogens with one attached hydrogen (secondary N) is 1. The number of aryl methyl sites for hydroxylation is 1. The molecule has 0 saturated heterocycles. The van der Waals surface area contributed by atoms with Gasteiger partial charge in [0.2, 0.25) is 5.91 Å². The zero-order chi connectivity index (χ0) is 15.1. The molecular weight excluding hydrogens is 278 g/mol. The molecule has 0 bridgehead atoms. The van der Waals surface area contributed by atoms with Gasteiger partial charge in [0.15, 0.2) is 5.82 Å². The molecule has 0 atom stereocenters. The fourth-order valence-electron chi connectivity index (χ4n) is 2.43. The van der Waals surface area contributed by atoms with Crippen LogP contribution in [0.1, 0.15) is 12.8 Å². The van der Waals surface area contributed by atoms with E-state index < -0.39 is 0 Å². The van der Waals surface area contributed by atoms with Crippen molar-refractivity contribution in [2.45, 2.75) is 12.8 Å². The topological polar surface area (TPSA) is 72.7 Å². The number of aromatic nitrogens is 4. The molecule has 1 amide bonds. The molecule has 2 heterocycles. The minimum atomic E-state index is 0.0389. The molecule has 110 valence electrons. The van der Waals surface area contributed by atoms with E-state index in [1.165, 1.54) is 0 Å². The van der Waals surface area contributed by atoms with Crippen molar-refractivity contribution >= 4 is 22.6 Å². The van der Waals surface area contributed by atoms with Gasteiger partial charge in [0.25, 0.3) is 0 Å². The van der Waals surface area contributed by atoms with E-state index in [0.29, 0.717) is 5.82 Å². The number of rotatable bonds is 3. The summed E-state index contributed by atoms with van der Waals surface area (Å²) in [7, 11) is 1.89. The summed E-state index contributed by atoms with van der Waals surface area (Å²) in [6.45, 7) is 0. The van der Waals surface area contributed by atoms with Gasteiger partial charge >= 0.3 is 0 Å². The molecule has 22 heavy (non-hydrogen) atoms. The van der Waals surface area contributed by atoms with Crippen LogP contribution in [0.5, 0.6) is 0 Å². The molecule has 1 aliphatic rings. The second-order valence-corrected chi connectivity index (χ2v) is 5.67. The van der Waals surface area contributed by atoms with Crippen LogP contribution in [-0.2, 0) is 11.8 Å². The molecule has 6 heteroatoms. The van der Waals surface area contributed by atoms with Gasteiger partial charge < -0.3 is 5.32 Å². The highest BCUT2D eigenvalue weighted by molar-refractivity contribution is 5.95. The molecule has 0 spiro atoms. The predicted octanol–water partition coefficient (Wildman–Crippen LogP) is 2.38. The van der Waals surface area contributed by atoms with Crippen LogP contribution in [0.15, 0.2) is 36.7 Å². The number of amides is 1. The molecule has 0 unspecified atom stereocenters. The van der Waals surface area contributed by atoms with Gasteiger partial charge in [0.05, 0.1) is 11.7 Å². The van der Waals surface area contributed by atoms with Crippen molar-refractivity contribution in [3.05, 3.63) is 36.7 Å². The monoisotopic (exact) mass is 293 g/mol. The highest BCUT2D eigenvalue weighted by Gasteiger charge is 2.29. The normalized spacial score (nSPS) is 14.2. The van der Waals surface area contributed by atoms with Crippen LogP contribution in [0.4, 0.5) is 5.82 Å². The van der Waals surface area contributed by atoms with Crippen molar-refractivity contribution in [1.29, 1.82) is 0 Å². The van der Waals surface area contributed by atoms with Crippen LogP contribution in [-0.4, -0.2) is 25.9 Å². The number of hydrogen-bond donors (Lipinski definition) is 1. The molecule has 1 fully saturated rings. The van der Waals surface area contributed by atoms with Crippen LogP contribution < -0.4 is 5.32 Å². The van der Waals surface area contributed by atoms with Gasteiger partial charge in [-0.05, 0) is 36.6 Å². The molecule has 1 aliphatic carbocycles. The van der Waals surface area contributed by atoms with E-state index >= 15 is 0 Å². The first-order chi connectivity index (χ1) is 10.7. The first-order valence-corrected chi connectivity index (χ1v) is 7.26. The minimum absolute atomic E-state index is 0.0389. The van der Waals surface area contributed by atoms with Crippen LogP contribution >= 0.6 is 0 Å². The lowest BCUT2D eigenvalue weighted by Crippen LogP contribution is -2.14. The number of anilines is 1. The van der Waals surface area contributed by atoms with Gasteiger partial charge in [-0.15, -0.1) is 10.2 Å². The number of fused-ring (bicyclic) bond motifs is 1. The zero-order valence-corrected chi connectivity index (χ0v) is 12.2. The molecular formula is C16H15N5O. The largest absolute Gasteiger partial charge is 0.309 e. The number of nitrogens with zero attached hydrogens (tertiary/aromatic N) is 4. The van der Waals surface area contributed by atoms with E-state index in [1.807, 2.05) is 43.7 Å². The summed E-state index contributed by atoms with van der Waals surface area (Å²) in [5, 5.41) is 16.2. The second kappa shape index (κ2) is 4.91. The maximum absolute atomic E-state index is 11.8. The molecule has 6 nitrogen and oxygen atoms in total. The van der Waals surface area contributed by atoms with Gasteiger partial charge in [-0.3, -0.25) is 9.48 Å². The SMILES string of the molecule is Cn1cc(-c2ccc3nnc(NC(=O)C4CC4)cc3c2)cn1. The van der Waals surface area contributed by atoms with Gasteiger partial charge in [-0.2, -0.15) is 5.10 Å². The fraction of sp³-hybridized carbons (Fsp3) is 0.250. The Labute approximate surface area is 127 Å².